The number of carbonyl (C=O) groups excluding carboxylic acids is 1. The van der Waals surface area contributed by atoms with Crippen LogP contribution in [0.1, 0.15) is 6.42 Å². The van der Waals surface area contributed by atoms with Gasteiger partial charge >= 0.3 is 5.97 Å². The van der Waals surface area contributed by atoms with Gasteiger partial charge in [-0.2, -0.15) is 0 Å². The molecule has 1 aliphatic rings. The summed E-state index contributed by atoms with van der Waals surface area (Å²) in [4.78, 5) is 13.3. The second-order valence-corrected chi connectivity index (χ2v) is 3.84. The van der Waals surface area contributed by atoms with Crippen molar-refractivity contribution in [3.05, 3.63) is 24.0 Å². The maximum atomic E-state index is 13.2. The Morgan fingerprint density at radius 2 is 2.24 bits per heavy atom. The van der Waals surface area contributed by atoms with E-state index in [1.54, 1.807) is 12.1 Å². The van der Waals surface area contributed by atoms with Gasteiger partial charge in [-0.05, 0) is 18.6 Å². The molecule has 17 heavy (non-hydrogen) atoms. The number of nitrogens with zero attached hydrogens (tertiary/aromatic N) is 1. The van der Waals surface area contributed by atoms with E-state index in [-0.39, 0.29) is 17.8 Å². The molecule has 0 N–H and O–H groups in total. The second-order valence-electron chi connectivity index (χ2n) is 3.84. The Morgan fingerprint density at radius 1 is 1.47 bits per heavy atom. The average molecular weight is 239 g/mol. The molecule has 4 nitrogen and oxygen atoms in total. The molecular formula is C12H14FNO3. The normalized spacial score (nSPS) is 18.5. The first-order valence-electron chi connectivity index (χ1n) is 5.35. The van der Waals surface area contributed by atoms with Gasteiger partial charge in [0.2, 0.25) is 0 Å². The highest BCUT2D eigenvalue weighted by molar-refractivity contribution is 5.82. The molecule has 1 unspecified atom stereocenters. The third kappa shape index (κ3) is 2.05. The summed E-state index contributed by atoms with van der Waals surface area (Å²) in [7, 11) is 2.78. The van der Waals surface area contributed by atoms with Gasteiger partial charge in [-0.15, -0.1) is 0 Å². The third-order valence-corrected chi connectivity index (χ3v) is 2.96. The molecule has 1 aliphatic heterocycles. The van der Waals surface area contributed by atoms with Gasteiger partial charge in [-0.3, -0.25) is 0 Å². The summed E-state index contributed by atoms with van der Waals surface area (Å²) < 4.78 is 22.9. The fraction of sp³-hybridized carbons (Fsp3) is 0.417. The van der Waals surface area contributed by atoms with Gasteiger partial charge in [0.25, 0.3) is 0 Å². The Morgan fingerprint density at radius 3 is 2.76 bits per heavy atom. The van der Waals surface area contributed by atoms with Crippen LogP contribution in [0, 0.1) is 5.82 Å². The van der Waals surface area contributed by atoms with E-state index in [0.29, 0.717) is 0 Å². The lowest BCUT2D eigenvalue weighted by atomic mass is 10.0. The summed E-state index contributed by atoms with van der Waals surface area (Å²) in [6.45, 7) is 0.758. The summed E-state index contributed by atoms with van der Waals surface area (Å²) in [5.41, 5.74) is 0.768. The van der Waals surface area contributed by atoms with Crippen molar-refractivity contribution in [2.75, 3.05) is 25.7 Å². The van der Waals surface area contributed by atoms with Gasteiger partial charge in [0.05, 0.1) is 14.2 Å². The fourth-order valence-corrected chi connectivity index (χ4v) is 1.90. The van der Waals surface area contributed by atoms with Gasteiger partial charge in [-0.25, -0.2) is 9.18 Å². The average Bonchev–Trinajstić information content (AvgIpc) is 2.29. The van der Waals surface area contributed by atoms with E-state index in [9.17, 15) is 9.18 Å². The van der Waals surface area contributed by atoms with Crippen molar-refractivity contribution < 1.29 is 18.7 Å². The summed E-state index contributed by atoms with van der Waals surface area (Å²) in [6, 6.07) is 4.29. The predicted octanol–water partition coefficient (Wildman–Crippen LogP) is 1.59. The molecule has 0 amide bonds. The number of rotatable bonds is 3. The monoisotopic (exact) mass is 239 g/mol. The van der Waals surface area contributed by atoms with Crippen LogP contribution < -0.4 is 9.64 Å². The van der Waals surface area contributed by atoms with Crippen LogP contribution in [0.15, 0.2) is 18.2 Å². The number of esters is 1. The minimum atomic E-state index is -0.411. The summed E-state index contributed by atoms with van der Waals surface area (Å²) in [5, 5.41) is 0. The second kappa shape index (κ2) is 4.61. The van der Waals surface area contributed by atoms with Crippen molar-refractivity contribution in [1.29, 1.82) is 0 Å². The predicted molar refractivity (Wildman–Crippen MR) is 60.7 cm³/mol. The molecule has 0 aliphatic carbocycles. The molecule has 1 aromatic carbocycles. The summed E-state index contributed by atoms with van der Waals surface area (Å²) in [6.07, 6.45) is 0.756. The van der Waals surface area contributed by atoms with E-state index in [2.05, 4.69) is 0 Å². The number of hydrogen-bond acceptors (Lipinski definition) is 4. The molecular weight excluding hydrogens is 225 g/mol. The Balaban J connectivity index is 2.20. The fourth-order valence-electron chi connectivity index (χ4n) is 1.90. The van der Waals surface area contributed by atoms with Gasteiger partial charge in [0.1, 0.15) is 6.04 Å². The van der Waals surface area contributed by atoms with E-state index < -0.39 is 5.82 Å². The zero-order valence-corrected chi connectivity index (χ0v) is 9.77. The Labute approximate surface area is 98.9 Å². The van der Waals surface area contributed by atoms with Gasteiger partial charge in [0.15, 0.2) is 11.6 Å². The molecule has 1 heterocycles. The van der Waals surface area contributed by atoms with Gasteiger partial charge < -0.3 is 14.4 Å². The molecule has 0 spiro atoms. The summed E-state index contributed by atoms with van der Waals surface area (Å²) >= 11 is 0. The zero-order chi connectivity index (χ0) is 12.4. The Bertz CT molecular complexity index is 436. The molecule has 1 atom stereocenters. The first-order chi connectivity index (χ1) is 8.17. The van der Waals surface area contributed by atoms with Crippen molar-refractivity contribution in [2.24, 2.45) is 0 Å². The Kier molecular flexibility index (Phi) is 3.17. The lowest BCUT2D eigenvalue weighted by Crippen LogP contribution is -2.53. The van der Waals surface area contributed by atoms with Crippen molar-refractivity contribution in [3.8, 4) is 5.75 Å². The van der Waals surface area contributed by atoms with Crippen LogP contribution in [-0.2, 0) is 9.53 Å². The van der Waals surface area contributed by atoms with E-state index >= 15 is 0 Å². The van der Waals surface area contributed by atoms with Crippen LogP contribution >= 0.6 is 0 Å². The largest absolute Gasteiger partial charge is 0.494 e. The van der Waals surface area contributed by atoms with E-state index in [1.165, 1.54) is 20.3 Å². The van der Waals surface area contributed by atoms with Crippen molar-refractivity contribution in [3.63, 3.8) is 0 Å². The lowest BCUT2D eigenvalue weighted by molar-refractivity contribution is -0.143. The maximum absolute atomic E-state index is 13.2. The molecule has 0 bridgehead atoms. The molecule has 0 radical (unpaired) electrons. The molecule has 1 saturated heterocycles. The highest BCUT2D eigenvalue weighted by atomic mass is 19.1. The molecule has 92 valence electrons. The minimum Gasteiger partial charge on any atom is -0.494 e. The number of hydrogen-bond donors (Lipinski definition) is 0. The number of carbonyl (C=O) groups is 1. The molecule has 2 rings (SSSR count). The molecule has 1 fully saturated rings. The number of benzene rings is 1. The quantitative estimate of drug-likeness (QED) is 0.751. The SMILES string of the molecule is COC(=O)C1CCN1c1ccc(F)c(OC)c1. The van der Waals surface area contributed by atoms with Gasteiger partial charge in [0, 0.05) is 18.3 Å². The molecule has 0 saturated carbocycles. The van der Waals surface area contributed by atoms with Crippen LogP contribution in [-0.4, -0.2) is 32.8 Å². The van der Waals surface area contributed by atoms with E-state index in [0.717, 1.165) is 18.7 Å². The highest BCUT2D eigenvalue weighted by Crippen LogP contribution is 2.31. The van der Waals surface area contributed by atoms with Gasteiger partial charge in [-0.1, -0.05) is 0 Å². The van der Waals surface area contributed by atoms with E-state index in [1.807, 2.05) is 4.90 Å². The van der Waals surface area contributed by atoms with Crippen LogP contribution in [0.4, 0.5) is 10.1 Å². The standard InChI is InChI=1S/C12H14FNO3/c1-16-11-7-8(3-4-9(11)13)14-6-5-10(14)12(15)17-2/h3-4,7,10H,5-6H2,1-2H3. The van der Waals surface area contributed by atoms with Crippen LogP contribution in [0.3, 0.4) is 0 Å². The van der Waals surface area contributed by atoms with Crippen LogP contribution in [0.2, 0.25) is 0 Å². The van der Waals surface area contributed by atoms with Crippen molar-refractivity contribution in [1.82, 2.24) is 0 Å². The van der Waals surface area contributed by atoms with Crippen LogP contribution in [0.5, 0.6) is 5.75 Å². The smallest absolute Gasteiger partial charge is 0.328 e. The molecule has 1 aromatic rings. The van der Waals surface area contributed by atoms with E-state index in [4.69, 9.17) is 9.47 Å². The number of anilines is 1. The van der Waals surface area contributed by atoms with Crippen molar-refractivity contribution >= 4 is 11.7 Å². The van der Waals surface area contributed by atoms with Crippen molar-refractivity contribution in [2.45, 2.75) is 12.5 Å². The first kappa shape index (κ1) is 11.7. The number of ether oxygens (including phenoxy) is 2. The third-order valence-electron chi connectivity index (χ3n) is 2.96. The Hall–Kier alpha value is -1.78. The van der Waals surface area contributed by atoms with Crippen LogP contribution in [0.25, 0.3) is 0 Å². The topological polar surface area (TPSA) is 38.8 Å². The number of halogens is 1. The molecule has 0 aromatic heterocycles. The molecule has 5 heteroatoms. The zero-order valence-electron chi connectivity index (χ0n) is 9.77. The highest BCUT2D eigenvalue weighted by Gasteiger charge is 2.35. The maximum Gasteiger partial charge on any atom is 0.328 e. The lowest BCUT2D eigenvalue weighted by Gasteiger charge is -2.40. The minimum absolute atomic E-state index is 0.179. The first-order valence-corrected chi connectivity index (χ1v) is 5.35. The summed E-state index contributed by atoms with van der Waals surface area (Å²) in [5.74, 6) is -0.496. The number of methoxy groups -OCH3 is 2.